The van der Waals surface area contributed by atoms with E-state index in [0.717, 1.165) is 5.56 Å². The fourth-order valence-electron chi connectivity index (χ4n) is 1.43. The Morgan fingerprint density at radius 2 is 2.22 bits per heavy atom. The second-order valence-electron chi connectivity index (χ2n) is 3.87. The topological polar surface area (TPSA) is 68.4 Å². The van der Waals surface area contributed by atoms with Gasteiger partial charge in [-0.2, -0.15) is 0 Å². The van der Waals surface area contributed by atoms with Gasteiger partial charge in [-0.3, -0.25) is 0 Å². The summed E-state index contributed by atoms with van der Waals surface area (Å²) in [7, 11) is 0. The third-order valence-electron chi connectivity index (χ3n) is 2.36. The van der Waals surface area contributed by atoms with E-state index in [1.165, 1.54) is 0 Å². The molecule has 5 nitrogen and oxygen atoms in total. The van der Waals surface area contributed by atoms with E-state index < -0.39 is 6.10 Å². The van der Waals surface area contributed by atoms with E-state index in [9.17, 15) is 5.11 Å². The van der Waals surface area contributed by atoms with Crippen molar-refractivity contribution in [2.45, 2.75) is 26.6 Å². The van der Waals surface area contributed by atoms with Crippen LogP contribution in [0.4, 0.5) is 0 Å². The Balaban J connectivity index is 2.05. The van der Waals surface area contributed by atoms with Crippen LogP contribution >= 0.6 is 11.6 Å². The number of aliphatic hydroxyl groups is 1. The molecule has 0 amide bonds. The number of halogens is 1. The molecule has 1 atom stereocenters. The minimum absolute atomic E-state index is 0.161. The number of benzene rings is 1. The molecule has 1 heterocycles. The minimum atomic E-state index is -0.560. The first-order valence-electron chi connectivity index (χ1n) is 5.45. The summed E-state index contributed by atoms with van der Waals surface area (Å²) < 4.78 is 10.6. The summed E-state index contributed by atoms with van der Waals surface area (Å²) in [5, 5.41) is 17.4. The molecule has 0 aliphatic heterocycles. The number of nitrogens with zero attached hydrogens (tertiary/aromatic N) is 2. The Morgan fingerprint density at radius 1 is 1.44 bits per heavy atom. The van der Waals surface area contributed by atoms with Gasteiger partial charge in [0.2, 0.25) is 5.89 Å². The summed E-state index contributed by atoms with van der Waals surface area (Å²) in [6.07, 6.45) is -0.560. The van der Waals surface area contributed by atoms with Crippen LogP contribution in [0.15, 0.2) is 22.6 Å². The van der Waals surface area contributed by atoms with Crippen LogP contribution in [-0.2, 0) is 6.61 Å². The Bertz CT molecular complexity index is 540. The molecule has 1 aromatic carbocycles. The molecule has 18 heavy (non-hydrogen) atoms. The van der Waals surface area contributed by atoms with Gasteiger partial charge in [0.1, 0.15) is 5.75 Å². The predicted molar refractivity (Wildman–Crippen MR) is 65.5 cm³/mol. The fraction of sp³-hybridized carbons (Fsp3) is 0.333. The van der Waals surface area contributed by atoms with E-state index in [1.54, 1.807) is 32.0 Å². The molecule has 2 rings (SSSR count). The monoisotopic (exact) mass is 268 g/mol. The van der Waals surface area contributed by atoms with Gasteiger partial charge in [0.25, 0.3) is 5.89 Å². The van der Waals surface area contributed by atoms with Gasteiger partial charge in [-0.25, -0.2) is 0 Å². The van der Waals surface area contributed by atoms with Crippen LogP contribution in [0, 0.1) is 6.92 Å². The predicted octanol–water partition coefficient (Wildman–Crippen LogP) is 2.66. The highest BCUT2D eigenvalue weighted by atomic mass is 35.5. The lowest BCUT2D eigenvalue weighted by Crippen LogP contribution is -1.97. The quantitative estimate of drug-likeness (QED) is 0.923. The zero-order valence-electron chi connectivity index (χ0n) is 10.1. The van der Waals surface area contributed by atoms with Crippen LogP contribution in [0.1, 0.15) is 30.4 Å². The van der Waals surface area contributed by atoms with Crippen molar-refractivity contribution in [1.29, 1.82) is 0 Å². The van der Waals surface area contributed by atoms with Gasteiger partial charge >= 0.3 is 0 Å². The lowest BCUT2D eigenvalue weighted by Gasteiger charge is -2.09. The van der Waals surface area contributed by atoms with Crippen LogP contribution in [0.5, 0.6) is 5.75 Å². The molecule has 0 fully saturated rings. The largest absolute Gasteiger partial charge is 0.482 e. The highest BCUT2D eigenvalue weighted by molar-refractivity contribution is 6.32. The van der Waals surface area contributed by atoms with Gasteiger partial charge in [0.05, 0.1) is 11.1 Å². The summed E-state index contributed by atoms with van der Waals surface area (Å²) in [4.78, 5) is 0. The maximum absolute atomic E-state index is 9.42. The maximum atomic E-state index is 9.42. The Morgan fingerprint density at radius 3 is 2.78 bits per heavy atom. The summed E-state index contributed by atoms with van der Waals surface area (Å²) in [5.41, 5.74) is 0.737. The molecule has 1 N–H and O–H groups in total. The van der Waals surface area contributed by atoms with Crippen LogP contribution in [0.3, 0.4) is 0 Å². The first-order chi connectivity index (χ1) is 8.56. The van der Waals surface area contributed by atoms with Gasteiger partial charge in [-0.1, -0.05) is 17.7 Å². The molecular formula is C12H13ClN2O3. The van der Waals surface area contributed by atoms with Crippen molar-refractivity contribution in [2.24, 2.45) is 0 Å². The molecule has 2 aromatic rings. The average molecular weight is 269 g/mol. The number of aryl methyl sites for hydroxylation is 1. The first kappa shape index (κ1) is 12.9. The van der Waals surface area contributed by atoms with Crippen molar-refractivity contribution in [3.8, 4) is 5.75 Å². The summed E-state index contributed by atoms with van der Waals surface area (Å²) >= 11 is 6.04. The van der Waals surface area contributed by atoms with Gasteiger partial charge in [-0.15, -0.1) is 10.2 Å². The molecule has 1 aromatic heterocycles. The summed E-state index contributed by atoms with van der Waals surface area (Å²) in [6.45, 7) is 3.54. The van der Waals surface area contributed by atoms with Crippen LogP contribution in [0.2, 0.25) is 5.02 Å². The molecule has 96 valence electrons. The molecule has 1 unspecified atom stereocenters. The molecule has 0 saturated carbocycles. The summed E-state index contributed by atoms with van der Waals surface area (Å²) in [6, 6.07) is 5.12. The molecule has 0 spiro atoms. The normalized spacial score (nSPS) is 12.4. The van der Waals surface area contributed by atoms with Crippen molar-refractivity contribution < 1.29 is 14.3 Å². The van der Waals surface area contributed by atoms with Crippen LogP contribution in [0.25, 0.3) is 0 Å². The number of hydrogen-bond acceptors (Lipinski definition) is 5. The third-order valence-corrected chi connectivity index (χ3v) is 2.65. The third kappa shape index (κ3) is 3.00. The molecular weight excluding hydrogens is 256 g/mol. The lowest BCUT2D eigenvalue weighted by atomic mass is 10.1. The first-order valence-corrected chi connectivity index (χ1v) is 5.83. The van der Waals surface area contributed by atoms with E-state index in [1.807, 2.05) is 0 Å². The van der Waals surface area contributed by atoms with Gasteiger partial charge < -0.3 is 14.3 Å². The summed E-state index contributed by atoms with van der Waals surface area (Å²) in [5.74, 6) is 1.39. The molecule has 0 radical (unpaired) electrons. The van der Waals surface area contributed by atoms with Crippen LogP contribution in [-0.4, -0.2) is 15.3 Å². The van der Waals surface area contributed by atoms with Gasteiger partial charge in [0, 0.05) is 6.92 Å². The van der Waals surface area contributed by atoms with Crippen molar-refractivity contribution in [3.05, 3.63) is 40.6 Å². The van der Waals surface area contributed by atoms with Crippen molar-refractivity contribution in [1.82, 2.24) is 10.2 Å². The number of ether oxygens (including phenoxy) is 1. The van der Waals surface area contributed by atoms with E-state index >= 15 is 0 Å². The van der Waals surface area contributed by atoms with Crippen molar-refractivity contribution >= 4 is 11.6 Å². The number of aromatic nitrogens is 2. The Hall–Kier alpha value is -1.59. The number of hydrogen-bond donors (Lipinski definition) is 1. The fourth-order valence-corrected chi connectivity index (χ4v) is 1.67. The second kappa shape index (κ2) is 5.37. The van der Waals surface area contributed by atoms with E-state index in [-0.39, 0.29) is 6.61 Å². The van der Waals surface area contributed by atoms with Crippen molar-refractivity contribution in [2.75, 3.05) is 0 Å². The molecule has 0 aliphatic rings. The zero-order chi connectivity index (χ0) is 13.1. The van der Waals surface area contributed by atoms with E-state index in [0.29, 0.717) is 22.6 Å². The molecule has 6 heteroatoms. The molecule has 0 saturated heterocycles. The van der Waals surface area contributed by atoms with E-state index in [4.69, 9.17) is 20.8 Å². The number of rotatable bonds is 4. The Labute approximate surface area is 109 Å². The standard InChI is InChI=1S/C12H13ClN2O3/c1-7(16)9-3-4-11(10(13)5-9)17-6-12-15-14-8(2)18-12/h3-5,7,16H,6H2,1-2H3. The zero-order valence-corrected chi connectivity index (χ0v) is 10.8. The second-order valence-corrected chi connectivity index (χ2v) is 4.28. The van der Waals surface area contributed by atoms with Gasteiger partial charge in [-0.05, 0) is 24.6 Å². The SMILES string of the molecule is Cc1nnc(COc2ccc(C(C)O)cc2Cl)o1. The highest BCUT2D eigenvalue weighted by Gasteiger charge is 2.08. The highest BCUT2D eigenvalue weighted by Crippen LogP contribution is 2.28. The lowest BCUT2D eigenvalue weighted by molar-refractivity contribution is 0.199. The van der Waals surface area contributed by atoms with Crippen molar-refractivity contribution in [3.63, 3.8) is 0 Å². The van der Waals surface area contributed by atoms with Crippen LogP contribution < -0.4 is 4.74 Å². The average Bonchev–Trinajstić information content (AvgIpc) is 2.73. The molecule has 0 aliphatic carbocycles. The number of aliphatic hydroxyl groups excluding tert-OH is 1. The molecule has 0 bridgehead atoms. The smallest absolute Gasteiger partial charge is 0.253 e. The Kier molecular flexibility index (Phi) is 3.84. The maximum Gasteiger partial charge on any atom is 0.253 e. The van der Waals surface area contributed by atoms with Gasteiger partial charge in [0.15, 0.2) is 6.61 Å². The minimum Gasteiger partial charge on any atom is -0.482 e. The van der Waals surface area contributed by atoms with E-state index in [2.05, 4.69) is 10.2 Å².